The summed E-state index contributed by atoms with van der Waals surface area (Å²) in [4.78, 5) is 15.6. The summed E-state index contributed by atoms with van der Waals surface area (Å²) in [5, 5.41) is 9.48. The fraction of sp³-hybridized carbons (Fsp3) is 0. The number of nitrogens with zero attached hydrogens (tertiary/aromatic N) is 4. The molecule has 13 rings (SSSR count). The van der Waals surface area contributed by atoms with Gasteiger partial charge >= 0.3 is 0 Å². The minimum Gasteiger partial charge on any atom is -0.455 e. The Labute approximate surface area is 356 Å². The molecular formula is C57H34N4O. The van der Waals surface area contributed by atoms with E-state index in [2.05, 4.69) is 162 Å². The van der Waals surface area contributed by atoms with Gasteiger partial charge in [-0.05, 0) is 80.9 Å². The zero-order valence-corrected chi connectivity index (χ0v) is 33.3. The molecule has 10 aromatic carbocycles. The molecule has 13 aromatic rings. The van der Waals surface area contributed by atoms with Crippen LogP contribution >= 0.6 is 0 Å². The van der Waals surface area contributed by atoms with Crippen LogP contribution in [0.5, 0.6) is 0 Å². The molecule has 0 atom stereocenters. The van der Waals surface area contributed by atoms with E-state index in [0.29, 0.717) is 17.5 Å². The fourth-order valence-corrected chi connectivity index (χ4v) is 9.62. The number of hydrogen-bond donors (Lipinski definition) is 0. The maximum absolute atomic E-state index is 6.78. The van der Waals surface area contributed by atoms with Gasteiger partial charge in [-0.3, -0.25) is 0 Å². The topological polar surface area (TPSA) is 56.7 Å². The zero-order chi connectivity index (χ0) is 40.7. The van der Waals surface area contributed by atoms with Crippen molar-refractivity contribution in [2.45, 2.75) is 0 Å². The first-order valence-electron chi connectivity index (χ1n) is 20.9. The van der Waals surface area contributed by atoms with E-state index in [1.807, 2.05) is 48.5 Å². The second-order valence-electron chi connectivity index (χ2n) is 15.9. The molecule has 0 unspecified atom stereocenters. The molecule has 5 nitrogen and oxygen atoms in total. The molecule has 0 aliphatic rings. The minimum atomic E-state index is 0.546. The molecule has 0 saturated heterocycles. The van der Waals surface area contributed by atoms with Gasteiger partial charge < -0.3 is 8.98 Å². The molecule has 5 heteroatoms. The van der Waals surface area contributed by atoms with Crippen LogP contribution < -0.4 is 0 Å². The highest BCUT2D eigenvalue weighted by atomic mass is 16.3. The summed E-state index contributed by atoms with van der Waals surface area (Å²) in [5.41, 5.74) is 12.1. The van der Waals surface area contributed by atoms with Gasteiger partial charge in [0.25, 0.3) is 0 Å². The third-order valence-corrected chi connectivity index (χ3v) is 12.4. The first-order valence-corrected chi connectivity index (χ1v) is 20.9. The molecule has 0 aliphatic heterocycles. The van der Waals surface area contributed by atoms with Crippen molar-refractivity contribution < 1.29 is 4.42 Å². The second kappa shape index (κ2) is 13.6. The van der Waals surface area contributed by atoms with Crippen molar-refractivity contribution >= 4 is 65.3 Å². The van der Waals surface area contributed by atoms with Gasteiger partial charge in [0.1, 0.15) is 11.2 Å². The van der Waals surface area contributed by atoms with E-state index in [9.17, 15) is 0 Å². The number of hydrogen-bond acceptors (Lipinski definition) is 4. The predicted molar refractivity (Wildman–Crippen MR) is 255 cm³/mol. The summed E-state index contributed by atoms with van der Waals surface area (Å²) in [6.07, 6.45) is 0. The van der Waals surface area contributed by atoms with Crippen LogP contribution in [-0.4, -0.2) is 19.5 Å². The fourth-order valence-electron chi connectivity index (χ4n) is 9.62. The maximum Gasteiger partial charge on any atom is 0.167 e. The van der Waals surface area contributed by atoms with Gasteiger partial charge in [-0.15, -0.1) is 0 Å². The minimum absolute atomic E-state index is 0.546. The Morgan fingerprint density at radius 3 is 1.63 bits per heavy atom. The number of aromatic nitrogens is 4. The molecule has 3 heterocycles. The average molecular weight is 791 g/mol. The number of para-hydroxylation sites is 2. The number of benzene rings is 10. The lowest BCUT2D eigenvalue weighted by atomic mass is 9.88. The smallest absolute Gasteiger partial charge is 0.167 e. The first kappa shape index (κ1) is 34.5. The normalized spacial score (nSPS) is 11.9. The number of fused-ring (bicyclic) bond motifs is 6. The predicted octanol–water partition coefficient (Wildman–Crippen LogP) is 14.9. The van der Waals surface area contributed by atoms with Crippen LogP contribution in [0.15, 0.2) is 211 Å². The Morgan fingerprint density at radius 2 is 0.871 bits per heavy atom. The Kier molecular flexibility index (Phi) is 7.54. The van der Waals surface area contributed by atoms with Gasteiger partial charge in [-0.25, -0.2) is 15.0 Å². The van der Waals surface area contributed by atoms with E-state index in [1.54, 1.807) is 0 Å². The molecule has 0 saturated carbocycles. The van der Waals surface area contributed by atoms with Crippen LogP contribution in [0, 0.1) is 0 Å². The summed E-state index contributed by atoms with van der Waals surface area (Å²) in [7, 11) is 0. The average Bonchev–Trinajstić information content (AvgIpc) is 3.90. The van der Waals surface area contributed by atoms with Crippen LogP contribution in [0.1, 0.15) is 0 Å². The molecule has 0 N–H and O–H groups in total. The van der Waals surface area contributed by atoms with Gasteiger partial charge in [0, 0.05) is 43.7 Å². The van der Waals surface area contributed by atoms with Gasteiger partial charge in [-0.1, -0.05) is 164 Å². The summed E-state index contributed by atoms with van der Waals surface area (Å²) in [5.74, 6) is 1.74. The van der Waals surface area contributed by atoms with Crippen molar-refractivity contribution in [2.24, 2.45) is 0 Å². The third-order valence-electron chi connectivity index (χ3n) is 12.4. The monoisotopic (exact) mass is 790 g/mol. The van der Waals surface area contributed by atoms with Crippen molar-refractivity contribution in [1.82, 2.24) is 19.5 Å². The summed E-state index contributed by atoms with van der Waals surface area (Å²) < 4.78 is 9.20. The number of rotatable bonds is 6. The molecule has 62 heavy (non-hydrogen) atoms. The van der Waals surface area contributed by atoms with Crippen molar-refractivity contribution in [2.75, 3.05) is 0 Å². The quantitative estimate of drug-likeness (QED) is 0.157. The maximum atomic E-state index is 6.78. The molecule has 0 amide bonds. The van der Waals surface area contributed by atoms with E-state index < -0.39 is 0 Å². The summed E-state index contributed by atoms with van der Waals surface area (Å²) in [6, 6.07) is 72.6. The van der Waals surface area contributed by atoms with Crippen molar-refractivity contribution in [3.8, 4) is 62.1 Å². The van der Waals surface area contributed by atoms with Crippen LogP contribution in [-0.2, 0) is 0 Å². The van der Waals surface area contributed by atoms with Crippen LogP contribution in [0.4, 0.5) is 0 Å². The molecule has 3 aromatic heterocycles. The molecule has 0 radical (unpaired) electrons. The Hall–Kier alpha value is -8.41. The lowest BCUT2D eigenvalue weighted by Gasteiger charge is -2.15. The van der Waals surface area contributed by atoms with E-state index in [1.165, 1.54) is 43.4 Å². The van der Waals surface area contributed by atoms with Crippen molar-refractivity contribution in [3.63, 3.8) is 0 Å². The molecule has 0 spiro atoms. The first-order chi connectivity index (χ1) is 30.7. The SMILES string of the molecule is c1ccc(-c2ccc(-c3nc(-c4ccccc4)nc(-c4cc(-c5ccc6c7c5c5ccccc5c5cccc(c57)n6-c5ccccc5)cc5c4oc4ccccc45)n3)cc2)cc1. The van der Waals surface area contributed by atoms with E-state index >= 15 is 0 Å². The molecule has 0 fully saturated rings. The molecule has 0 aliphatic carbocycles. The van der Waals surface area contributed by atoms with Gasteiger partial charge in [0.2, 0.25) is 0 Å². The van der Waals surface area contributed by atoms with Gasteiger partial charge in [-0.2, -0.15) is 0 Å². The standard InChI is InChI=1S/C57H34N4O/c1-4-15-35(16-5-1)36-27-29-38(30-28-36)56-58-55(37-17-6-2-7-18-37)59-57(60-56)47-34-39(33-46-43-22-12-13-26-50(43)62-54(46)47)41-31-32-49-53-51(41)44-23-11-10-21-42(44)45-24-14-25-48(52(45)53)61(49)40-19-8-3-9-20-40/h1-34H. The van der Waals surface area contributed by atoms with Crippen molar-refractivity contribution in [1.29, 1.82) is 0 Å². The van der Waals surface area contributed by atoms with Crippen molar-refractivity contribution in [3.05, 3.63) is 206 Å². The lowest BCUT2D eigenvalue weighted by Crippen LogP contribution is -2.00. The highest BCUT2D eigenvalue weighted by molar-refractivity contribution is 6.37. The summed E-state index contributed by atoms with van der Waals surface area (Å²) in [6.45, 7) is 0. The molecule has 0 bridgehead atoms. The van der Waals surface area contributed by atoms with Crippen LogP contribution in [0.2, 0.25) is 0 Å². The van der Waals surface area contributed by atoms with E-state index in [0.717, 1.165) is 66.6 Å². The van der Waals surface area contributed by atoms with Crippen LogP contribution in [0.25, 0.3) is 127 Å². The second-order valence-corrected chi connectivity index (χ2v) is 15.9. The zero-order valence-electron chi connectivity index (χ0n) is 33.3. The largest absolute Gasteiger partial charge is 0.455 e. The Morgan fingerprint density at radius 1 is 0.323 bits per heavy atom. The van der Waals surface area contributed by atoms with Crippen LogP contribution in [0.3, 0.4) is 0 Å². The Balaban J connectivity index is 1.10. The highest BCUT2D eigenvalue weighted by Crippen LogP contribution is 2.48. The van der Waals surface area contributed by atoms with Gasteiger partial charge in [0.05, 0.1) is 16.6 Å². The van der Waals surface area contributed by atoms with E-state index in [4.69, 9.17) is 19.4 Å². The lowest BCUT2D eigenvalue weighted by molar-refractivity contribution is 0.669. The third kappa shape index (κ3) is 5.25. The highest BCUT2D eigenvalue weighted by Gasteiger charge is 2.24. The Bertz CT molecular complexity index is 3830. The molecular weight excluding hydrogens is 757 g/mol. The molecule has 288 valence electrons. The van der Waals surface area contributed by atoms with E-state index in [-0.39, 0.29) is 0 Å². The summed E-state index contributed by atoms with van der Waals surface area (Å²) >= 11 is 0. The van der Waals surface area contributed by atoms with Gasteiger partial charge in [0.15, 0.2) is 17.5 Å². The number of furan rings is 1.